The lowest BCUT2D eigenvalue weighted by Crippen LogP contribution is -2.45. The number of amides is 1. The normalized spacial score (nSPS) is 14.9. The van der Waals surface area contributed by atoms with Gasteiger partial charge in [0, 0.05) is 6.42 Å². The van der Waals surface area contributed by atoms with Crippen molar-refractivity contribution in [3.63, 3.8) is 0 Å². The van der Waals surface area contributed by atoms with Crippen molar-refractivity contribution in [1.82, 2.24) is 5.32 Å². The van der Waals surface area contributed by atoms with E-state index in [2.05, 4.69) is 19.2 Å². The summed E-state index contributed by atoms with van der Waals surface area (Å²) in [6, 6.07) is -0.876. The van der Waals surface area contributed by atoms with Gasteiger partial charge in [-0.05, 0) is 19.3 Å². The molecule has 0 aliphatic rings. The van der Waals surface area contributed by atoms with Gasteiger partial charge in [-0.1, -0.05) is 148 Å². The maximum absolute atomic E-state index is 12.7. The van der Waals surface area contributed by atoms with Crippen LogP contribution in [-0.4, -0.2) is 68.5 Å². The zero-order valence-corrected chi connectivity index (χ0v) is 31.0. The molecule has 0 radical (unpaired) electrons. The Morgan fingerprint density at radius 2 is 1.20 bits per heavy atom. The number of aliphatic hydroxyl groups is 1. The Morgan fingerprint density at radius 1 is 0.756 bits per heavy atom. The van der Waals surface area contributed by atoms with Crippen LogP contribution in [0.2, 0.25) is 0 Å². The second-order valence-electron chi connectivity index (χ2n) is 13.9. The highest BCUT2D eigenvalue weighted by molar-refractivity contribution is 7.45. The molecule has 0 heterocycles. The number of likely N-dealkylation sites (N-methyl/N-ethyl adjacent to an activating group) is 1. The summed E-state index contributed by atoms with van der Waals surface area (Å²) in [4.78, 5) is 25.0. The molecule has 8 nitrogen and oxygen atoms in total. The number of rotatable bonds is 33. The maximum Gasteiger partial charge on any atom is 0.268 e. The summed E-state index contributed by atoms with van der Waals surface area (Å²) < 4.78 is 22.9. The van der Waals surface area contributed by atoms with Crippen molar-refractivity contribution in [1.29, 1.82) is 0 Å². The van der Waals surface area contributed by atoms with Gasteiger partial charge < -0.3 is 28.8 Å². The highest BCUT2D eigenvalue weighted by Gasteiger charge is 2.23. The lowest BCUT2D eigenvalue weighted by molar-refractivity contribution is -0.870. The monoisotopic (exact) mass is 661 g/mol. The van der Waals surface area contributed by atoms with Gasteiger partial charge in [-0.15, -0.1) is 0 Å². The topological polar surface area (TPSA) is 108 Å². The molecule has 2 N–H and O–H groups in total. The number of carbonyl (C=O) groups excluding carboxylic acids is 1. The molecule has 9 heteroatoms. The first-order valence-corrected chi connectivity index (χ1v) is 20.0. The first-order valence-electron chi connectivity index (χ1n) is 18.6. The molecule has 0 aromatic carbocycles. The highest BCUT2D eigenvalue weighted by Crippen LogP contribution is 2.38. The first kappa shape index (κ1) is 44.2. The summed E-state index contributed by atoms with van der Waals surface area (Å²) in [5, 5.41) is 13.5. The fourth-order valence-electron chi connectivity index (χ4n) is 5.21. The molecule has 3 atom stereocenters. The van der Waals surface area contributed by atoms with E-state index in [9.17, 15) is 19.4 Å². The molecule has 0 fully saturated rings. The van der Waals surface area contributed by atoms with Crippen LogP contribution in [-0.2, 0) is 18.4 Å². The second-order valence-corrected chi connectivity index (χ2v) is 15.3. The van der Waals surface area contributed by atoms with E-state index < -0.39 is 20.0 Å². The summed E-state index contributed by atoms with van der Waals surface area (Å²) in [7, 11) is 1.26. The van der Waals surface area contributed by atoms with Gasteiger partial charge in [0.2, 0.25) is 5.91 Å². The second kappa shape index (κ2) is 29.4. The third-order valence-corrected chi connectivity index (χ3v) is 9.21. The summed E-state index contributed by atoms with van der Waals surface area (Å²) in [5.74, 6) is -0.202. The number of phosphoric ester groups is 1. The van der Waals surface area contributed by atoms with Crippen LogP contribution in [0.3, 0.4) is 0 Å². The lowest BCUT2D eigenvalue weighted by Gasteiger charge is -2.29. The van der Waals surface area contributed by atoms with Crippen LogP contribution in [0.4, 0.5) is 0 Å². The Morgan fingerprint density at radius 3 is 1.67 bits per heavy atom. The molecule has 0 bridgehead atoms. The number of hydrogen-bond acceptors (Lipinski definition) is 6. The van der Waals surface area contributed by atoms with Crippen LogP contribution in [0.15, 0.2) is 12.2 Å². The molecule has 0 aliphatic heterocycles. The molecule has 3 unspecified atom stereocenters. The van der Waals surface area contributed by atoms with E-state index in [4.69, 9.17) is 9.05 Å². The Bertz CT molecular complexity index is 758. The van der Waals surface area contributed by atoms with Gasteiger partial charge in [-0.25, -0.2) is 0 Å². The number of quaternary nitrogens is 1. The van der Waals surface area contributed by atoms with Crippen molar-refractivity contribution in [3.05, 3.63) is 12.2 Å². The zero-order chi connectivity index (χ0) is 33.7. The number of phosphoric acid groups is 1. The van der Waals surface area contributed by atoms with Gasteiger partial charge in [0.15, 0.2) is 0 Å². The number of allylic oxidation sites excluding steroid dienone is 1. The van der Waals surface area contributed by atoms with Crippen LogP contribution in [0.5, 0.6) is 0 Å². The Hall–Kier alpha value is -0.760. The van der Waals surface area contributed by atoms with Crippen molar-refractivity contribution >= 4 is 13.7 Å². The van der Waals surface area contributed by atoms with Crippen molar-refractivity contribution in [3.8, 4) is 0 Å². The third kappa shape index (κ3) is 31.6. The van der Waals surface area contributed by atoms with E-state index >= 15 is 0 Å². The van der Waals surface area contributed by atoms with Crippen LogP contribution < -0.4 is 10.2 Å². The molecular formula is C36H73N2O6P. The summed E-state index contributed by atoms with van der Waals surface area (Å²) in [6.45, 7) is 4.55. The third-order valence-electron chi connectivity index (χ3n) is 8.25. The number of carbonyl (C=O) groups is 1. The number of nitrogens with one attached hydrogen (secondary N) is 1. The van der Waals surface area contributed by atoms with E-state index in [1.54, 1.807) is 6.08 Å². The number of nitrogens with zero attached hydrogens (tertiary/aromatic N) is 1. The molecule has 0 saturated carbocycles. The molecule has 0 aromatic rings. The minimum Gasteiger partial charge on any atom is -0.756 e. The van der Waals surface area contributed by atoms with E-state index in [0.29, 0.717) is 17.4 Å². The summed E-state index contributed by atoms with van der Waals surface area (Å²) in [5.41, 5.74) is 0. The SMILES string of the molecule is CCCCCC/C=C/C(O)C(COP(=O)([O-])OCC[N+](C)(C)C)NC(=O)CCCCCCCCCCCCCCCCCCC. The summed E-state index contributed by atoms with van der Waals surface area (Å²) >= 11 is 0. The Balaban J connectivity index is 4.28. The fraction of sp³-hybridized carbons (Fsp3) is 0.917. The van der Waals surface area contributed by atoms with Gasteiger partial charge in [0.25, 0.3) is 7.82 Å². The van der Waals surface area contributed by atoms with Crippen LogP contribution >= 0.6 is 7.82 Å². The van der Waals surface area contributed by atoms with Crippen LogP contribution in [0, 0.1) is 0 Å². The average Bonchev–Trinajstić information content (AvgIpc) is 2.97. The highest BCUT2D eigenvalue weighted by atomic mass is 31.2. The predicted molar refractivity (Wildman–Crippen MR) is 187 cm³/mol. The Labute approximate surface area is 278 Å². The van der Waals surface area contributed by atoms with Gasteiger partial charge in [-0.2, -0.15) is 0 Å². The predicted octanol–water partition coefficient (Wildman–Crippen LogP) is 8.61. The van der Waals surface area contributed by atoms with Gasteiger partial charge >= 0.3 is 0 Å². The average molecular weight is 661 g/mol. The molecule has 0 aliphatic carbocycles. The zero-order valence-electron chi connectivity index (χ0n) is 30.1. The molecular weight excluding hydrogens is 587 g/mol. The van der Waals surface area contributed by atoms with E-state index in [-0.39, 0.29) is 19.1 Å². The van der Waals surface area contributed by atoms with Gasteiger partial charge in [0.05, 0.1) is 39.9 Å². The van der Waals surface area contributed by atoms with E-state index in [0.717, 1.165) is 44.9 Å². The number of unbranched alkanes of at least 4 members (excludes halogenated alkanes) is 20. The molecule has 0 rings (SSSR count). The molecule has 1 amide bonds. The van der Waals surface area contributed by atoms with E-state index in [1.807, 2.05) is 27.2 Å². The minimum atomic E-state index is -4.56. The number of hydrogen-bond donors (Lipinski definition) is 2. The van der Waals surface area contributed by atoms with Crippen LogP contribution in [0.1, 0.15) is 162 Å². The molecule has 0 aromatic heterocycles. The molecule has 45 heavy (non-hydrogen) atoms. The minimum absolute atomic E-state index is 0.000822. The van der Waals surface area contributed by atoms with Gasteiger partial charge in [-0.3, -0.25) is 9.36 Å². The van der Waals surface area contributed by atoms with Crippen molar-refractivity contribution in [2.24, 2.45) is 0 Å². The quantitative estimate of drug-likeness (QED) is 0.0316. The first-order chi connectivity index (χ1) is 21.5. The van der Waals surface area contributed by atoms with Crippen molar-refractivity contribution < 1.29 is 32.9 Å². The summed E-state index contributed by atoms with van der Waals surface area (Å²) in [6.07, 6.45) is 29.9. The Kier molecular flexibility index (Phi) is 28.9. The maximum atomic E-state index is 12.7. The van der Waals surface area contributed by atoms with Crippen molar-refractivity contribution in [2.45, 2.75) is 174 Å². The molecule has 0 saturated heterocycles. The van der Waals surface area contributed by atoms with Crippen LogP contribution in [0.25, 0.3) is 0 Å². The number of aliphatic hydroxyl groups excluding tert-OH is 1. The van der Waals surface area contributed by atoms with Gasteiger partial charge in [0.1, 0.15) is 13.2 Å². The largest absolute Gasteiger partial charge is 0.756 e. The smallest absolute Gasteiger partial charge is 0.268 e. The molecule has 268 valence electrons. The molecule has 0 spiro atoms. The standard InChI is InChI=1S/C36H73N2O6P/c1-6-8-10-12-14-15-16-17-18-19-20-21-22-23-24-26-28-30-36(40)37-34(35(39)29-27-25-13-11-9-7-2)33-44-45(41,42)43-32-31-38(3,4)5/h27,29,34-35,39H,6-26,28,30-33H2,1-5H3,(H-,37,40,41,42)/b29-27+. The lowest BCUT2D eigenvalue weighted by atomic mass is 10.0. The van der Waals surface area contributed by atoms with Crippen molar-refractivity contribution in [2.75, 3.05) is 40.9 Å². The fourth-order valence-corrected chi connectivity index (χ4v) is 5.93. The van der Waals surface area contributed by atoms with E-state index in [1.165, 1.54) is 96.3 Å².